The summed E-state index contributed by atoms with van der Waals surface area (Å²) in [6.07, 6.45) is 5.28. The van der Waals surface area contributed by atoms with Crippen LogP contribution in [0.25, 0.3) is 0 Å². The third-order valence-corrected chi connectivity index (χ3v) is 6.06. The molecule has 1 saturated carbocycles. The van der Waals surface area contributed by atoms with E-state index in [0.717, 1.165) is 36.5 Å². The maximum atomic E-state index is 12.2. The number of hydrogen-bond acceptors (Lipinski definition) is 3. The molecule has 1 fully saturated rings. The van der Waals surface area contributed by atoms with Gasteiger partial charge in [-0.15, -0.1) is 11.8 Å². The number of benzene rings is 2. The number of amides is 1. The average Bonchev–Trinajstić information content (AvgIpc) is 2.67. The third-order valence-electron chi connectivity index (χ3n) is 5.24. The van der Waals surface area contributed by atoms with Crippen LogP contribution in [0.3, 0.4) is 0 Å². The van der Waals surface area contributed by atoms with Gasteiger partial charge in [-0.1, -0.05) is 30.7 Å². The van der Waals surface area contributed by atoms with Gasteiger partial charge in [0.15, 0.2) is 5.96 Å². The molecule has 0 saturated heterocycles. The number of nitrogens with zero attached hydrogens (tertiary/aromatic N) is 1. The molecule has 3 N–H and O–H groups in total. The zero-order valence-corrected chi connectivity index (χ0v) is 18.2. The number of thioether (sulfide) groups is 1. The van der Waals surface area contributed by atoms with Gasteiger partial charge in [-0.2, -0.15) is 0 Å². The number of hydrogen-bond donors (Lipinski definition) is 3. The summed E-state index contributed by atoms with van der Waals surface area (Å²) in [7, 11) is 1.77. The molecule has 2 aromatic carbocycles. The standard InChI is InChI=1S/C23H30N4OS/c1-16-10-11-19(21(12-16)29-3)15-26-23(24-2)25-14-17-6-4-9-20(13-17)27-22(28)18-7-5-8-18/h4,6,9-13,18H,5,7-8,14-15H2,1-3H3,(H,27,28)(H2,24,25,26). The predicted octanol–water partition coefficient (Wildman–Crippen LogP) is 4.32. The second-order valence-corrected chi connectivity index (χ2v) is 8.26. The van der Waals surface area contributed by atoms with Crippen LogP contribution in [0.4, 0.5) is 5.69 Å². The molecule has 0 radical (unpaired) electrons. The molecule has 0 heterocycles. The SMILES string of the molecule is CN=C(NCc1cccc(NC(=O)C2CCC2)c1)NCc1ccc(C)cc1SC. The molecule has 1 aliphatic rings. The summed E-state index contributed by atoms with van der Waals surface area (Å²) >= 11 is 1.76. The first-order chi connectivity index (χ1) is 14.1. The Hall–Kier alpha value is -2.47. The number of aryl methyl sites for hydroxylation is 1. The monoisotopic (exact) mass is 410 g/mol. The number of carbonyl (C=O) groups is 1. The Bertz CT molecular complexity index is 877. The third kappa shape index (κ3) is 6.00. The van der Waals surface area contributed by atoms with Crippen molar-refractivity contribution in [1.29, 1.82) is 0 Å². The van der Waals surface area contributed by atoms with E-state index in [-0.39, 0.29) is 11.8 Å². The van der Waals surface area contributed by atoms with Gasteiger partial charge in [-0.3, -0.25) is 9.79 Å². The van der Waals surface area contributed by atoms with Crippen molar-refractivity contribution < 1.29 is 4.79 Å². The minimum absolute atomic E-state index is 0.140. The maximum Gasteiger partial charge on any atom is 0.227 e. The highest BCUT2D eigenvalue weighted by Gasteiger charge is 2.25. The Labute approximate surface area is 177 Å². The van der Waals surface area contributed by atoms with E-state index in [1.807, 2.05) is 24.3 Å². The first kappa shape index (κ1) is 21.2. The number of aliphatic imine (C=N–C) groups is 1. The first-order valence-electron chi connectivity index (χ1n) is 10.1. The van der Waals surface area contributed by atoms with Gasteiger partial charge < -0.3 is 16.0 Å². The summed E-state index contributed by atoms with van der Waals surface area (Å²) in [5.41, 5.74) is 4.48. The van der Waals surface area contributed by atoms with Gasteiger partial charge >= 0.3 is 0 Å². The van der Waals surface area contributed by atoms with E-state index in [9.17, 15) is 4.79 Å². The van der Waals surface area contributed by atoms with E-state index in [1.54, 1.807) is 18.8 Å². The van der Waals surface area contributed by atoms with E-state index in [4.69, 9.17) is 0 Å². The molecule has 0 aromatic heterocycles. The van der Waals surface area contributed by atoms with Gasteiger partial charge in [0, 0.05) is 36.6 Å². The van der Waals surface area contributed by atoms with E-state index in [1.165, 1.54) is 16.0 Å². The lowest BCUT2D eigenvalue weighted by molar-refractivity contribution is -0.122. The zero-order chi connectivity index (χ0) is 20.6. The second kappa shape index (κ2) is 10.3. The molecule has 1 aliphatic carbocycles. The smallest absolute Gasteiger partial charge is 0.227 e. The van der Waals surface area contributed by atoms with Crippen LogP contribution in [-0.2, 0) is 17.9 Å². The van der Waals surface area contributed by atoms with Gasteiger partial charge in [-0.25, -0.2) is 0 Å². The highest BCUT2D eigenvalue weighted by molar-refractivity contribution is 7.98. The van der Waals surface area contributed by atoms with Crippen LogP contribution < -0.4 is 16.0 Å². The zero-order valence-electron chi connectivity index (χ0n) is 17.4. The number of anilines is 1. The molecule has 154 valence electrons. The highest BCUT2D eigenvalue weighted by Crippen LogP contribution is 2.27. The van der Waals surface area contributed by atoms with Crippen LogP contribution in [0.2, 0.25) is 0 Å². The summed E-state index contributed by atoms with van der Waals surface area (Å²) in [6.45, 7) is 3.46. The van der Waals surface area contributed by atoms with Gasteiger partial charge in [0.1, 0.15) is 0 Å². The minimum Gasteiger partial charge on any atom is -0.352 e. The molecule has 2 aromatic rings. The van der Waals surface area contributed by atoms with Crippen LogP contribution in [0, 0.1) is 12.8 Å². The number of rotatable bonds is 7. The number of nitrogens with one attached hydrogen (secondary N) is 3. The van der Waals surface area contributed by atoms with Crippen LogP contribution in [0.5, 0.6) is 0 Å². The predicted molar refractivity (Wildman–Crippen MR) is 122 cm³/mol. The molecule has 0 spiro atoms. The van der Waals surface area contributed by atoms with Crippen LogP contribution in [0.15, 0.2) is 52.4 Å². The lowest BCUT2D eigenvalue weighted by Crippen LogP contribution is -2.36. The molecular weight excluding hydrogens is 380 g/mol. The van der Waals surface area contributed by atoms with Gasteiger partial charge in [0.2, 0.25) is 5.91 Å². The average molecular weight is 411 g/mol. The van der Waals surface area contributed by atoms with Gasteiger partial charge in [-0.05, 0) is 60.9 Å². The second-order valence-electron chi connectivity index (χ2n) is 7.41. The van der Waals surface area contributed by atoms with E-state index < -0.39 is 0 Å². The van der Waals surface area contributed by atoms with Crippen molar-refractivity contribution in [3.05, 3.63) is 59.2 Å². The largest absolute Gasteiger partial charge is 0.352 e. The van der Waals surface area contributed by atoms with Crippen molar-refractivity contribution in [1.82, 2.24) is 10.6 Å². The fraction of sp³-hybridized carbons (Fsp3) is 0.391. The van der Waals surface area contributed by atoms with Crippen molar-refractivity contribution in [2.45, 2.75) is 44.2 Å². The molecule has 0 bridgehead atoms. The molecule has 0 atom stereocenters. The van der Waals surface area contributed by atoms with Crippen LogP contribution >= 0.6 is 11.8 Å². The van der Waals surface area contributed by atoms with Crippen molar-refractivity contribution in [3.63, 3.8) is 0 Å². The Morgan fingerprint density at radius 3 is 2.62 bits per heavy atom. The Morgan fingerprint density at radius 1 is 1.14 bits per heavy atom. The molecule has 0 aliphatic heterocycles. The van der Waals surface area contributed by atoms with Crippen LogP contribution in [-0.4, -0.2) is 25.2 Å². The molecule has 6 heteroatoms. The lowest BCUT2D eigenvalue weighted by atomic mass is 9.85. The topological polar surface area (TPSA) is 65.5 Å². The Balaban J connectivity index is 1.53. The summed E-state index contributed by atoms with van der Waals surface area (Å²) in [4.78, 5) is 17.8. The number of guanidine groups is 1. The quantitative estimate of drug-likeness (QED) is 0.361. The van der Waals surface area contributed by atoms with E-state index in [2.05, 4.69) is 52.3 Å². The Kier molecular flexibility index (Phi) is 7.58. The van der Waals surface area contributed by atoms with Crippen molar-refractivity contribution in [3.8, 4) is 0 Å². The van der Waals surface area contributed by atoms with Crippen LogP contribution in [0.1, 0.15) is 36.0 Å². The molecule has 1 amide bonds. The number of carbonyl (C=O) groups excluding carboxylic acids is 1. The fourth-order valence-electron chi connectivity index (χ4n) is 3.26. The molecule has 3 rings (SSSR count). The summed E-state index contributed by atoms with van der Waals surface area (Å²) in [6, 6.07) is 14.5. The summed E-state index contributed by atoms with van der Waals surface area (Å²) in [5.74, 6) is 1.08. The van der Waals surface area contributed by atoms with Crippen molar-refractivity contribution in [2.24, 2.45) is 10.9 Å². The van der Waals surface area contributed by atoms with Gasteiger partial charge in [0.25, 0.3) is 0 Å². The van der Waals surface area contributed by atoms with E-state index in [0.29, 0.717) is 13.1 Å². The lowest BCUT2D eigenvalue weighted by Gasteiger charge is -2.24. The molecular formula is C23H30N4OS. The van der Waals surface area contributed by atoms with Crippen molar-refractivity contribution in [2.75, 3.05) is 18.6 Å². The molecule has 5 nitrogen and oxygen atoms in total. The highest BCUT2D eigenvalue weighted by atomic mass is 32.2. The molecule has 29 heavy (non-hydrogen) atoms. The molecule has 0 unspecified atom stereocenters. The minimum atomic E-state index is 0.140. The van der Waals surface area contributed by atoms with Crippen molar-refractivity contribution >= 4 is 29.3 Å². The Morgan fingerprint density at radius 2 is 1.93 bits per heavy atom. The van der Waals surface area contributed by atoms with Gasteiger partial charge in [0.05, 0.1) is 0 Å². The summed E-state index contributed by atoms with van der Waals surface area (Å²) < 4.78 is 0. The summed E-state index contributed by atoms with van der Waals surface area (Å²) in [5, 5.41) is 9.77. The first-order valence-corrected chi connectivity index (χ1v) is 11.3. The van der Waals surface area contributed by atoms with E-state index >= 15 is 0 Å². The normalized spacial score (nSPS) is 14.2. The maximum absolute atomic E-state index is 12.2. The fourth-order valence-corrected chi connectivity index (χ4v) is 3.96.